The zero-order valence-electron chi connectivity index (χ0n) is 16.0. The van der Waals surface area contributed by atoms with Crippen LogP contribution in [0.5, 0.6) is 0 Å². The molecule has 3 aromatic rings. The summed E-state index contributed by atoms with van der Waals surface area (Å²) in [6.07, 6.45) is 1.61. The van der Waals surface area contributed by atoms with Crippen molar-refractivity contribution in [1.82, 2.24) is 14.9 Å². The number of likely N-dealkylation sites (N-methyl/N-ethyl adjacent to an activating group) is 1. The first-order chi connectivity index (χ1) is 13.0. The van der Waals surface area contributed by atoms with Crippen LogP contribution in [0.2, 0.25) is 0 Å². The molecule has 0 saturated carbocycles. The van der Waals surface area contributed by atoms with Crippen LogP contribution >= 0.6 is 11.3 Å². The van der Waals surface area contributed by atoms with Crippen molar-refractivity contribution in [2.45, 2.75) is 25.8 Å². The Labute approximate surface area is 164 Å². The van der Waals surface area contributed by atoms with E-state index in [1.807, 2.05) is 6.07 Å². The normalized spacial score (nSPS) is 12.3. The van der Waals surface area contributed by atoms with Gasteiger partial charge in [-0.15, -0.1) is 11.3 Å². The van der Waals surface area contributed by atoms with Gasteiger partial charge in [-0.05, 0) is 45.1 Å². The van der Waals surface area contributed by atoms with E-state index in [0.29, 0.717) is 25.0 Å². The predicted molar refractivity (Wildman–Crippen MR) is 113 cm³/mol. The molecule has 0 radical (unpaired) electrons. The third kappa shape index (κ3) is 5.77. The first-order valence-electron chi connectivity index (χ1n) is 9.09. The molecule has 142 valence electrons. The molecule has 2 N–H and O–H groups in total. The lowest BCUT2D eigenvalue weighted by molar-refractivity contribution is 0.303. The van der Waals surface area contributed by atoms with E-state index in [1.165, 1.54) is 15.3 Å². The Morgan fingerprint density at radius 3 is 2.63 bits per heavy atom. The maximum atomic E-state index is 12.0. The van der Waals surface area contributed by atoms with Crippen molar-refractivity contribution in [3.8, 4) is 0 Å². The topological polar surface area (TPSA) is 61.0 Å². The van der Waals surface area contributed by atoms with Crippen molar-refractivity contribution < 1.29 is 0 Å². The Bertz CT molecular complexity index is 917. The fourth-order valence-corrected chi connectivity index (χ4v) is 3.88. The Morgan fingerprint density at radius 1 is 1.19 bits per heavy atom. The third-order valence-corrected chi connectivity index (χ3v) is 5.50. The van der Waals surface area contributed by atoms with Crippen molar-refractivity contribution in [2.24, 2.45) is 0 Å². The Balaban J connectivity index is 1.67. The second-order valence-electron chi connectivity index (χ2n) is 6.96. The molecular weight excluding hydrogens is 356 g/mol. The van der Waals surface area contributed by atoms with Gasteiger partial charge in [0, 0.05) is 34.8 Å². The molecule has 0 saturated heterocycles. The van der Waals surface area contributed by atoms with E-state index in [-0.39, 0.29) is 5.56 Å². The number of hydrogen-bond acceptors (Lipinski definition) is 5. The fraction of sp³-hybridized carbons (Fsp3) is 0.333. The number of H-pyrrole nitrogens is 1. The summed E-state index contributed by atoms with van der Waals surface area (Å²) in [4.78, 5) is 24.1. The summed E-state index contributed by atoms with van der Waals surface area (Å²) in [5, 5.41) is 3.31. The standard InChI is InChI=1S/C21H26N4OS/c1-15-9-10-19(27-15)12-17-13-20(26)24-21(23-17)22-14-18(25(2)3)11-16-7-5-4-6-8-16/h4-10,13,18H,11-12,14H2,1-3H3,(H2,22,23,24,26). The summed E-state index contributed by atoms with van der Waals surface area (Å²) in [5.41, 5.74) is 1.95. The molecule has 0 bridgehead atoms. The summed E-state index contributed by atoms with van der Waals surface area (Å²) in [5.74, 6) is 0.533. The monoisotopic (exact) mass is 382 g/mol. The Kier molecular flexibility index (Phi) is 6.42. The van der Waals surface area contributed by atoms with Gasteiger partial charge in [0.15, 0.2) is 0 Å². The summed E-state index contributed by atoms with van der Waals surface area (Å²) < 4.78 is 0. The van der Waals surface area contributed by atoms with Gasteiger partial charge in [-0.1, -0.05) is 30.3 Å². The number of thiophene rings is 1. The summed E-state index contributed by atoms with van der Waals surface area (Å²) >= 11 is 1.74. The van der Waals surface area contributed by atoms with Crippen LogP contribution < -0.4 is 10.9 Å². The van der Waals surface area contributed by atoms with Gasteiger partial charge in [-0.3, -0.25) is 9.78 Å². The number of benzene rings is 1. The number of aromatic nitrogens is 2. The van der Waals surface area contributed by atoms with Crippen LogP contribution in [0.25, 0.3) is 0 Å². The minimum Gasteiger partial charge on any atom is -0.354 e. The second-order valence-corrected chi connectivity index (χ2v) is 8.33. The average molecular weight is 383 g/mol. The number of aromatic amines is 1. The van der Waals surface area contributed by atoms with Crippen LogP contribution in [0.3, 0.4) is 0 Å². The predicted octanol–water partition coefficient (Wildman–Crippen LogP) is 3.32. The van der Waals surface area contributed by atoms with E-state index in [0.717, 1.165) is 12.1 Å². The lowest BCUT2D eigenvalue weighted by Crippen LogP contribution is -2.37. The van der Waals surface area contributed by atoms with Crippen molar-refractivity contribution in [1.29, 1.82) is 0 Å². The van der Waals surface area contributed by atoms with Gasteiger partial charge in [-0.25, -0.2) is 4.98 Å². The van der Waals surface area contributed by atoms with Crippen molar-refractivity contribution in [3.05, 3.63) is 79.9 Å². The molecule has 0 aliphatic heterocycles. The quantitative estimate of drug-likeness (QED) is 0.627. The van der Waals surface area contributed by atoms with Crippen LogP contribution in [-0.4, -0.2) is 41.5 Å². The average Bonchev–Trinajstić information content (AvgIpc) is 3.03. The van der Waals surface area contributed by atoms with Crippen LogP contribution in [-0.2, 0) is 12.8 Å². The number of rotatable bonds is 8. The van der Waals surface area contributed by atoms with E-state index in [1.54, 1.807) is 17.4 Å². The molecule has 2 heterocycles. The molecule has 1 atom stereocenters. The van der Waals surface area contributed by atoms with Gasteiger partial charge in [-0.2, -0.15) is 0 Å². The van der Waals surface area contributed by atoms with Crippen LogP contribution in [0.4, 0.5) is 5.95 Å². The maximum Gasteiger partial charge on any atom is 0.252 e. The smallest absolute Gasteiger partial charge is 0.252 e. The van der Waals surface area contributed by atoms with E-state index < -0.39 is 0 Å². The molecule has 0 spiro atoms. The van der Waals surface area contributed by atoms with Crippen molar-refractivity contribution in [2.75, 3.05) is 26.0 Å². The first-order valence-corrected chi connectivity index (χ1v) is 9.91. The largest absolute Gasteiger partial charge is 0.354 e. The highest BCUT2D eigenvalue weighted by atomic mass is 32.1. The molecule has 1 aromatic carbocycles. The summed E-state index contributed by atoms with van der Waals surface area (Å²) in [6, 6.07) is 16.5. The van der Waals surface area contributed by atoms with Crippen molar-refractivity contribution >= 4 is 17.3 Å². The minimum atomic E-state index is -0.125. The number of nitrogens with zero attached hydrogens (tertiary/aromatic N) is 2. The zero-order chi connectivity index (χ0) is 19.2. The zero-order valence-corrected chi connectivity index (χ0v) is 16.8. The molecule has 3 rings (SSSR count). The maximum absolute atomic E-state index is 12.0. The van der Waals surface area contributed by atoms with Gasteiger partial charge in [0.25, 0.3) is 5.56 Å². The number of nitrogens with one attached hydrogen (secondary N) is 2. The molecule has 0 amide bonds. The highest BCUT2D eigenvalue weighted by Gasteiger charge is 2.13. The van der Waals surface area contributed by atoms with Gasteiger partial charge in [0.1, 0.15) is 0 Å². The lowest BCUT2D eigenvalue weighted by atomic mass is 10.1. The van der Waals surface area contributed by atoms with Gasteiger partial charge < -0.3 is 10.2 Å². The van der Waals surface area contributed by atoms with E-state index in [9.17, 15) is 4.79 Å². The number of anilines is 1. The van der Waals surface area contributed by atoms with Crippen molar-refractivity contribution in [3.63, 3.8) is 0 Å². The highest BCUT2D eigenvalue weighted by molar-refractivity contribution is 7.11. The van der Waals surface area contributed by atoms with Gasteiger partial charge >= 0.3 is 0 Å². The molecular formula is C21H26N4OS. The molecule has 0 fully saturated rings. The SMILES string of the molecule is Cc1ccc(Cc2cc(=O)[nH]c(NCC(Cc3ccccc3)N(C)C)n2)s1. The van der Waals surface area contributed by atoms with E-state index in [2.05, 4.69) is 77.6 Å². The van der Waals surface area contributed by atoms with Crippen LogP contribution in [0, 0.1) is 6.92 Å². The molecule has 0 aliphatic rings. The first kappa shape index (κ1) is 19.3. The summed E-state index contributed by atoms with van der Waals surface area (Å²) in [6.45, 7) is 2.78. The van der Waals surface area contributed by atoms with E-state index in [4.69, 9.17) is 0 Å². The van der Waals surface area contributed by atoms with Crippen LogP contribution in [0.15, 0.2) is 53.3 Å². The molecule has 5 nitrogen and oxygen atoms in total. The number of hydrogen-bond donors (Lipinski definition) is 2. The molecule has 1 unspecified atom stereocenters. The third-order valence-electron chi connectivity index (χ3n) is 4.50. The Morgan fingerprint density at radius 2 is 1.96 bits per heavy atom. The molecule has 27 heavy (non-hydrogen) atoms. The second kappa shape index (κ2) is 8.97. The number of aryl methyl sites for hydroxylation is 1. The highest BCUT2D eigenvalue weighted by Crippen LogP contribution is 2.18. The molecule has 6 heteroatoms. The Hall–Kier alpha value is -2.44. The van der Waals surface area contributed by atoms with Crippen LogP contribution in [0.1, 0.15) is 21.0 Å². The summed E-state index contributed by atoms with van der Waals surface area (Å²) in [7, 11) is 4.14. The fourth-order valence-electron chi connectivity index (χ4n) is 2.98. The lowest BCUT2D eigenvalue weighted by Gasteiger charge is -2.25. The van der Waals surface area contributed by atoms with E-state index >= 15 is 0 Å². The molecule has 0 aliphatic carbocycles. The minimum absolute atomic E-state index is 0.125. The van der Waals surface area contributed by atoms with Gasteiger partial charge in [0.05, 0.1) is 5.69 Å². The molecule has 2 aromatic heterocycles. The van der Waals surface area contributed by atoms with Gasteiger partial charge in [0.2, 0.25) is 5.95 Å².